The SMILES string of the molecule is Cn1c(=O)n(CC(=O)NCc2ccc(F)c(CO)c2)c2ccccc21. The Kier molecular flexibility index (Phi) is 4.67. The van der Waals surface area contributed by atoms with Gasteiger partial charge in [0.15, 0.2) is 0 Å². The fourth-order valence-corrected chi connectivity index (χ4v) is 2.78. The summed E-state index contributed by atoms with van der Waals surface area (Å²) in [4.78, 5) is 24.5. The first kappa shape index (κ1) is 16.9. The van der Waals surface area contributed by atoms with Crippen LogP contribution in [0.15, 0.2) is 47.3 Å². The fourth-order valence-electron chi connectivity index (χ4n) is 2.78. The minimum Gasteiger partial charge on any atom is -0.392 e. The van der Waals surface area contributed by atoms with E-state index in [1.165, 1.54) is 21.3 Å². The summed E-state index contributed by atoms with van der Waals surface area (Å²) in [7, 11) is 1.66. The number of fused-ring (bicyclic) bond motifs is 1. The maximum atomic E-state index is 13.4. The summed E-state index contributed by atoms with van der Waals surface area (Å²) in [5.41, 5.74) is 2.03. The third-order valence-electron chi connectivity index (χ3n) is 4.12. The molecule has 7 heteroatoms. The molecule has 2 N–H and O–H groups in total. The van der Waals surface area contributed by atoms with Crippen molar-refractivity contribution in [2.75, 3.05) is 0 Å². The Hall–Kier alpha value is -2.93. The maximum absolute atomic E-state index is 13.4. The first-order chi connectivity index (χ1) is 12.0. The number of aryl methyl sites for hydroxylation is 1. The zero-order valence-corrected chi connectivity index (χ0v) is 13.7. The summed E-state index contributed by atoms with van der Waals surface area (Å²) in [6.07, 6.45) is 0. The van der Waals surface area contributed by atoms with Crippen molar-refractivity contribution in [2.45, 2.75) is 19.7 Å². The van der Waals surface area contributed by atoms with Gasteiger partial charge in [-0.15, -0.1) is 0 Å². The third kappa shape index (κ3) is 3.32. The van der Waals surface area contributed by atoms with Crippen LogP contribution in [0.25, 0.3) is 11.0 Å². The number of imidazole rings is 1. The molecule has 1 heterocycles. The van der Waals surface area contributed by atoms with E-state index in [0.717, 1.165) is 5.52 Å². The van der Waals surface area contributed by atoms with Crippen LogP contribution in [0.5, 0.6) is 0 Å². The molecular weight excluding hydrogens is 325 g/mol. The number of hydrogen-bond acceptors (Lipinski definition) is 3. The number of aliphatic hydroxyl groups is 1. The fraction of sp³-hybridized carbons (Fsp3) is 0.222. The van der Waals surface area contributed by atoms with Gasteiger partial charge < -0.3 is 10.4 Å². The molecule has 3 aromatic rings. The maximum Gasteiger partial charge on any atom is 0.329 e. The summed E-state index contributed by atoms with van der Waals surface area (Å²) in [5, 5.41) is 11.8. The molecule has 0 saturated heterocycles. The van der Waals surface area contributed by atoms with Crippen LogP contribution in [0.2, 0.25) is 0 Å². The van der Waals surface area contributed by atoms with Crippen molar-refractivity contribution in [3.8, 4) is 0 Å². The number of carbonyl (C=O) groups is 1. The van der Waals surface area contributed by atoms with Gasteiger partial charge in [0.1, 0.15) is 12.4 Å². The molecule has 0 aliphatic carbocycles. The van der Waals surface area contributed by atoms with Crippen molar-refractivity contribution in [3.05, 3.63) is 69.9 Å². The molecule has 0 unspecified atom stereocenters. The van der Waals surface area contributed by atoms with Gasteiger partial charge in [-0.3, -0.25) is 13.9 Å². The van der Waals surface area contributed by atoms with Crippen LogP contribution >= 0.6 is 0 Å². The minimum atomic E-state index is -0.486. The lowest BCUT2D eigenvalue weighted by Gasteiger charge is -2.08. The Morgan fingerprint density at radius 1 is 1.20 bits per heavy atom. The molecule has 0 atom stereocenters. The summed E-state index contributed by atoms with van der Waals surface area (Å²) in [5.74, 6) is -0.812. The van der Waals surface area contributed by atoms with Crippen LogP contribution in [0.1, 0.15) is 11.1 Å². The van der Waals surface area contributed by atoms with Crippen molar-refractivity contribution in [3.63, 3.8) is 0 Å². The average Bonchev–Trinajstić information content (AvgIpc) is 2.86. The molecule has 0 saturated carbocycles. The number of hydrogen-bond donors (Lipinski definition) is 2. The molecule has 0 spiro atoms. The van der Waals surface area contributed by atoms with Gasteiger partial charge in [0.05, 0.1) is 17.6 Å². The quantitative estimate of drug-likeness (QED) is 0.733. The lowest BCUT2D eigenvalue weighted by Crippen LogP contribution is -2.32. The van der Waals surface area contributed by atoms with Gasteiger partial charge in [-0.05, 0) is 29.8 Å². The van der Waals surface area contributed by atoms with Crippen molar-refractivity contribution in [1.82, 2.24) is 14.5 Å². The van der Waals surface area contributed by atoms with E-state index < -0.39 is 12.4 Å². The molecule has 0 fully saturated rings. The van der Waals surface area contributed by atoms with Gasteiger partial charge in [0, 0.05) is 19.2 Å². The average molecular weight is 343 g/mol. The lowest BCUT2D eigenvalue weighted by molar-refractivity contribution is -0.121. The summed E-state index contributed by atoms with van der Waals surface area (Å²) >= 11 is 0. The molecule has 0 radical (unpaired) electrons. The highest BCUT2D eigenvalue weighted by Gasteiger charge is 2.13. The van der Waals surface area contributed by atoms with E-state index in [1.807, 2.05) is 18.2 Å². The van der Waals surface area contributed by atoms with E-state index >= 15 is 0 Å². The van der Waals surface area contributed by atoms with Crippen LogP contribution in [-0.4, -0.2) is 20.1 Å². The van der Waals surface area contributed by atoms with E-state index in [2.05, 4.69) is 5.32 Å². The highest BCUT2D eigenvalue weighted by Crippen LogP contribution is 2.12. The number of aromatic nitrogens is 2. The zero-order valence-electron chi connectivity index (χ0n) is 13.7. The highest BCUT2D eigenvalue weighted by atomic mass is 19.1. The standard InChI is InChI=1S/C18H18FN3O3/c1-21-15-4-2-3-5-16(15)22(18(21)25)10-17(24)20-9-12-6-7-14(19)13(8-12)11-23/h2-8,23H,9-11H2,1H3,(H,20,24). The number of halogens is 1. The third-order valence-corrected chi connectivity index (χ3v) is 4.12. The predicted octanol–water partition coefficient (Wildman–Crippen LogP) is 1.29. The van der Waals surface area contributed by atoms with E-state index in [-0.39, 0.29) is 30.2 Å². The molecule has 1 aromatic heterocycles. The molecule has 0 aliphatic rings. The topological polar surface area (TPSA) is 76.3 Å². The van der Waals surface area contributed by atoms with Gasteiger partial charge in [-0.2, -0.15) is 0 Å². The second-order valence-electron chi connectivity index (χ2n) is 5.78. The number of carbonyl (C=O) groups excluding carboxylic acids is 1. The Morgan fingerprint density at radius 3 is 2.64 bits per heavy atom. The summed E-state index contributed by atoms with van der Waals surface area (Å²) in [6, 6.07) is 11.5. The van der Waals surface area contributed by atoms with Crippen LogP contribution in [0, 0.1) is 5.82 Å². The van der Waals surface area contributed by atoms with Gasteiger partial charge in [0.25, 0.3) is 0 Å². The first-order valence-corrected chi connectivity index (χ1v) is 7.80. The molecule has 6 nitrogen and oxygen atoms in total. The molecule has 3 rings (SSSR count). The zero-order chi connectivity index (χ0) is 18.0. The number of para-hydroxylation sites is 2. The molecule has 0 bridgehead atoms. The smallest absolute Gasteiger partial charge is 0.329 e. The second-order valence-corrected chi connectivity index (χ2v) is 5.78. The van der Waals surface area contributed by atoms with E-state index in [4.69, 9.17) is 5.11 Å². The van der Waals surface area contributed by atoms with Crippen LogP contribution < -0.4 is 11.0 Å². The number of benzene rings is 2. The van der Waals surface area contributed by atoms with Crippen LogP contribution in [-0.2, 0) is 31.5 Å². The Balaban J connectivity index is 1.74. The van der Waals surface area contributed by atoms with Crippen LogP contribution in [0.4, 0.5) is 4.39 Å². The predicted molar refractivity (Wildman–Crippen MR) is 91.3 cm³/mol. The van der Waals surface area contributed by atoms with Crippen molar-refractivity contribution >= 4 is 16.9 Å². The number of rotatable bonds is 5. The Bertz CT molecular complexity index is 991. The largest absolute Gasteiger partial charge is 0.392 e. The minimum absolute atomic E-state index is 0.103. The normalized spacial score (nSPS) is 11.0. The number of amides is 1. The number of nitrogens with one attached hydrogen (secondary N) is 1. The monoisotopic (exact) mass is 343 g/mol. The molecule has 25 heavy (non-hydrogen) atoms. The summed E-state index contributed by atoms with van der Waals surface area (Å²) < 4.78 is 16.3. The Morgan fingerprint density at radius 2 is 1.92 bits per heavy atom. The van der Waals surface area contributed by atoms with E-state index in [9.17, 15) is 14.0 Å². The van der Waals surface area contributed by atoms with Crippen LogP contribution in [0.3, 0.4) is 0 Å². The van der Waals surface area contributed by atoms with E-state index in [0.29, 0.717) is 11.1 Å². The molecule has 2 aromatic carbocycles. The molecular formula is C18H18FN3O3. The van der Waals surface area contributed by atoms with Gasteiger partial charge in [0.2, 0.25) is 5.91 Å². The second kappa shape index (κ2) is 6.90. The van der Waals surface area contributed by atoms with Crippen molar-refractivity contribution in [2.24, 2.45) is 7.05 Å². The Labute approximate surface area is 143 Å². The molecule has 0 aliphatic heterocycles. The van der Waals surface area contributed by atoms with Gasteiger partial charge >= 0.3 is 5.69 Å². The van der Waals surface area contributed by atoms with Gasteiger partial charge in [-0.25, -0.2) is 9.18 Å². The molecule has 1 amide bonds. The van der Waals surface area contributed by atoms with Crippen molar-refractivity contribution < 1.29 is 14.3 Å². The van der Waals surface area contributed by atoms with Crippen molar-refractivity contribution in [1.29, 1.82) is 0 Å². The summed E-state index contributed by atoms with van der Waals surface area (Å²) in [6.45, 7) is -0.321. The van der Waals surface area contributed by atoms with E-state index in [1.54, 1.807) is 19.2 Å². The molecule has 130 valence electrons. The number of aliphatic hydroxyl groups excluding tert-OH is 1. The highest BCUT2D eigenvalue weighted by molar-refractivity contribution is 5.80. The van der Waals surface area contributed by atoms with Gasteiger partial charge in [-0.1, -0.05) is 18.2 Å². The number of nitrogens with zero attached hydrogens (tertiary/aromatic N) is 2. The lowest BCUT2D eigenvalue weighted by atomic mass is 10.1. The first-order valence-electron chi connectivity index (χ1n) is 7.80.